The van der Waals surface area contributed by atoms with Gasteiger partial charge in [-0.2, -0.15) is 0 Å². The van der Waals surface area contributed by atoms with Gasteiger partial charge in [0.05, 0.1) is 0 Å². The minimum absolute atomic E-state index is 0.128. The minimum Gasteiger partial charge on any atom is -0.326 e. The van der Waals surface area contributed by atoms with Gasteiger partial charge in [0, 0.05) is 26.2 Å². The van der Waals surface area contributed by atoms with Gasteiger partial charge in [-0.05, 0) is 0 Å². The fourth-order valence-corrected chi connectivity index (χ4v) is 0.588. The third kappa shape index (κ3) is 2.62. The molecule has 0 aromatic carbocycles. The summed E-state index contributed by atoms with van der Waals surface area (Å²) in [4.78, 5) is 15.7. The summed E-state index contributed by atoms with van der Waals surface area (Å²) in [5.74, 6) is 0. The Bertz CT molecular complexity index is 132. The van der Waals surface area contributed by atoms with Crippen molar-refractivity contribution in [3.05, 3.63) is 0 Å². The van der Waals surface area contributed by atoms with Crippen LogP contribution in [0, 0.1) is 0 Å². The summed E-state index contributed by atoms with van der Waals surface area (Å²) in [6.45, 7) is 4.81. The lowest BCUT2D eigenvalue weighted by atomic mass is 10.4. The third-order valence-electron chi connectivity index (χ3n) is 1.12. The Balaban J connectivity index is 0.000000371. The van der Waals surface area contributed by atoms with E-state index in [2.05, 4.69) is 4.99 Å². The van der Waals surface area contributed by atoms with Crippen LogP contribution in [0.2, 0.25) is 0 Å². The molecule has 0 N–H and O–H groups in total. The van der Waals surface area contributed by atoms with E-state index in [0.29, 0.717) is 0 Å². The van der Waals surface area contributed by atoms with Gasteiger partial charge in [-0.25, -0.2) is 9.79 Å². The van der Waals surface area contributed by atoms with Gasteiger partial charge in [-0.3, -0.25) is 0 Å². The fraction of sp³-hybridized carbons (Fsp3) is 0.714. The van der Waals surface area contributed by atoms with Crippen molar-refractivity contribution in [1.82, 2.24) is 4.90 Å². The average molecular weight is 142 g/mol. The van der Waals surface area contributed by atoms with E-state index in [0.717, 1.165) is 13.0 Å². The highest BCUT2D eigenvalue weighted by Gasteiger charge is 2.07. The third-order valence-corrected chi connectivity index (χ3v) is 1.12. The zero-order valence-electron chi connectivity index (χ0n) is 6.79. The highest BCUT2D eigenvalue weighted by atomic mass is 16.2. The molecule has 3 nitrogen and oxygen atoms in total. The molecule has 0 spiro atoms. The molecule has 0 bridgehead atoms. The first-order chi connectivity index (χ1) is 4.80. The second-order valence-electron chi connectivity index (χ2n) is 1.80. The van der Waals surface area contributed by atoms with Crippen LogP contribution in [-0.4, -0.2) is 30.7 Å². The predicted octanol–water partition coefficient (Wildman–Crippen LogP) is 1.54. The Morgan fingerprint density at radius 3 is 2.50 bits per heavy atom. The molecule has 58 valence electrons. The van der Waals surface area contributed by atoms with Crippen LogP contribution in [0.1, 0.15) is 20.3 Å². The van der Waals surface area contributed by atoms with Crippen molar-refractivity contribution in [2.75, 3.05) is 13.6 Å². The first-order valence-electron chi connectivity index (χ1n) is 3.58. The molecule has 0 aliphatic carbocycles. The molecule has 0 unspecified atom stereocenters. The molecule has 1 aliphatic rings. The number of urea groups is 1. The van der Waals surface area contributed by atoms with E-state index in [-0.39, 0.29) is 6.03 Å². The van der Waals surface area contributed by atoms with Gasteiger partial charge in [0.15, 0.2) is 0 Å². The van der Waals surface area contributed by atoms with Crippen LogP contribution >= 0.6 is 0 Å². The van der Waals surface area contributed by atoms with Crippen molar-refractivity contribution in [3.8, 4) is 0 Å². The zero-order chi connectivity index (χ0) is 7.98. The lowest BCUT2D eigenvalue weighted by Crippen LogP contribution is -2.28. The van der Waals surface area contributed by atoms with E-state index in [1.54, 1.807) is 18.2 Å². The molecule has 3 heteroatoms. The SMILES string of the molecule is CC.CN1CCC=NC1=O. The Morgan fingerprint density at radius 1 is 1.60 bits per heavy atom. The van der Waals surface area contributed by atoms with Crippen molar-refractivity contribution >= 4 is 12.2 Å². The van der Waals surface area contributed by atoms with E-state index in [4.69, 9.17) is 0 Å². The number of amides is 2. The van der Waals surface area contributed by atoms with Crippen LogP contribution in [0.3, 0.4) is 0 Å². The minimum atomic E-state index is -0.128. The maximum Gasteiger partial charge on any atom is 0.342 e. The Labute approximate surface area is 61.7 Å². The Morgan fingerprint density at radius 2 is 2.20 bits per heavy atom. The molecule has 0 radical (unpaired) electrons. The van der Waals surface area contributed by atoms with E-state index < -0.39 is 0 Å². The highest BCUT2D eigenvalue weighted by molar-refractivity contribution is 5.85. The lowest BCUT2D eigenvalue weighted by molar-refractivity contribution is 0.218. The molecule has 1 rings (SSSR count). The number of hydrogen-bond acceptors (Lipinski definition) is 1. The standard InChI is InChI=1S/C5H8N2O.C2H6/c1-7-4-2-3-6-5(7)8;1-2/h3H,2,4H2,1H3;1-2H3. The molecule has 1 aliphatic heterocycles. The second-order valence-corrected chi connectivity index (χ2v) is 1.80. The molecular weight excluding hydrogens is 128 g/mol. The Hall–Kier alpha value is -0.860. The number of carbonyl (C=O) groups excluding carboxylic acids is 1. The molecular formula is C7H14N2O. The molecule has 0 aromatic rings. The van der Waals surface area contributed by atoms with Gasteiger partial charge in [0.2, 0.25) is 0 Å². The average Bonchev–Trinajstić information content (AvgIpc) is 2.00. The normalized spacial score (nSPS) is 16.3. The van der Waals surface area contributed by atoms with Crippen LogP contribution in [0.15, 0.2) is 4.99 Å². The maximum absolute atomic E-state index is 10.5. The number of nitrogens with zero attached hydrogens (tertiary/aromatic N) is 2. The summed E-state index contributed by atoms with van der Waals surface area (Å²) >= 11 is 0. The van der Waals surface area contributed by atoms with Crippen molar-refractivity contribution < 1.29 is 4.79 Å². The number of hydrogen-bond donors (Lipinski definition) is 0. The van der Waals surface area contributed by atoms with E-state index in [9.17, 15) is 4.79 Å². The lowest BCUT2D eigenvalue weighted by Gasteiger charge is -2.15. The van der Waals surface area contributed by atoms with Crippen LogP contribution in [0.4, 0.5) is 4.79 Å². The summed E-state index contributed by atoms with van der Waals surface area (Å²) < 4.78 is 0. The molecule has 2 amide bonds. The van der Waals surface area contributed by atoms with E-state index in [1.807, 2.05) is 13.8 Å². The van der Waals surface area contributed by atoms with Gasteiger partial charge in [-0.1, -0.05) is 13.8 Å². The van der Waals surface area contributed by atoms with Crippen molar-refractivity contribution in [2.45, 2.75) is 20.3 Å². The van der Waals surface area contributed by atoms with Gasteiger partial charge in [0.1, 0.15) is 0 Å². The number of carbonyl (C=O) groups is 1. The van der Waals surface area contributed by atoms with Crippen molar-refractivity contribution in [2.24, 2.45) is 4.99 Å². The molecule has 10 heavy (non-hydrogen) atoms. The van der Waals surface area contributed by atoms with Crippen LogP contribution < -0.4 is 0 Å². The summed E-state index contributed by atoms with van der Waals surface area (Å²) in [5, 5.41) is 0. The van der Waals surface area contributed by atoms with Gasteiger partial charge < -0.3 is 4.90 Å². The first-order valence-corrected chi connectivity index (χ1v) is 3.58. The molecule has 0 fully saturated rings. The van der Waals surface area contributed by atoms with Crippen molar-refractivity contribution in [3.63, 3.8) is 0 Å². The zero-order valence-corrected chi connectivity index (χ0v) is 6.79. The summed E-state index contributed by atoms with van der Waals surface area (Å²) in [6.07, 6.45) is 2.55. The quantitative estimate of drug-likeness (QED) is 0.505. The topological polar surface area (TPSA) is 32.7 Å². The highest BCUT2D eigenvalue weighted by Crippen LogP contribution is 1.95. The smallest absolute Gasteiger partial charge is 0.326 e. The van der Waals surface area contributed by atoms with Gasteiger partial charge in [0.25, 0.3) is 0 Å². The molecule has 1 heterocycles. The largest absolute Gasteiger partial charge is 0.342 e. The number of aliphatic imine (C=N–C) groups is 1. The molecule has 0 atom stereocenters. The van der Waals surface area contributed by atoms with Gasteiger partial charge >= 0.3 is 6.03 Å². The summed E-state index contributed by atoms with van der Waals surface area (Å²) in [6, 6.07) is -0.128. The summed E-state index contributed by atoms with van der Waals surface area (Å²) in [5.41, 5.74) is 0. The molecule has 0 saturated carbocycles. The predicted molar refractivity (Wildman–Crippen MR) is 42.5 cm³/mol. The second kappa shape index (κ2) is 4.97. The molecule has 0 saturated heterocycles. The van der Waals surface area contributed by atoms with Crippen LogP contribution in [0.25, 0.3) is 0 Å². The van der Waals surface area contributed by atoms with E-state index in [1.165, 1.54) is 0 Å². The van der Waals surface area contributed by atoms with Crippen molar-refractivity contribution in [1.29, 1.82) is 0 Å². The van der Waals surface area contributed by atoms with Crippen LogP contribution in [-0.2, 0) is 0 Å². The fourth-order valence-electron chi connectivity index (χ4n) is 0.588. The van der Waals surface area contributed by atoms with E-state index >= 15 is 0 Å². The molecule has 0 aromatic heterocycles. The van der Waals surface area contributed by atoms with Gasteiger partial charge in [-0.15, -0.1) is 0 Å². The first kappa shape index (κ1) is 9.14. The monoisotopic (exact) mass is 142 g/mol. The van der Waals surface area contributed by atoms with Crippen LogP contribution in [0.5, 0.6) is 0 Å². The maximum atomic E-state index is 10.5. The summed E-state index contributed by atoms with van der Waals surface area (Å²) in [7, 11) is 1.75. The number of rotatable bonds is 0. The Kier molecular flexibility index (Phi) is 4.54.